The first-order valence-electron chi connectivity index (χ1n) is 7.70. The fraction of sp³-hybridized carbons (Fsp3) is 0.278. The van der Waals surface area contributed by atoms with Crippen LogP contribution in [0.15, 0.2) is 42.7 Å². The summed E-state index contributed by atoms with van der Waals surface area (Å²) >= 11 is 6.07. The van der Waals surface area contributed by atoms with E-state index in [1.54, 1.807) is 36.5 Å². The Morgan fingerprint density at radius 3 is 2.88 bits per heavy atom. The molecule has 0 radical (unpaired) electrons. The maximum Gasteiger partial charge on any atom is 0.230 e. The fourth-order valence-corrected chi connectivity index (χ4v) is 3.27. The highest BCUT2D eigenvalue weighted by Gasteiger charge is 2.42. The van der Waals surface area contributed by atoms with E-state index < -0.39 is 5.92 Å². The predicted molar refractivity (Wildman–Crippen MR) is 92.7 cm³/mol. The number of aryl methyl sites for hydroxylation is 1. The number of carbonyl (C=O) groups is 2. The first kappa shape index (κ1) is 16.5. The van der Waals surface area contributed by atoms with Gasteiger partial charge in [-0.2, -0.15) is 0 Å². The first-order chi connectivity index (χ1) is 11.5. The van der Waals surface area contributed by atoms with Gasteiger partial charge in [-0.1, -0.05) is 23.7 Å². The van der Waals surface area contributed by atoms with Crippen molar-refractivity contribution in [2.45, 2.75) is 19.4 Å². The molecular formula is C18H18ClN3O2. The number of pyridine rings is 1. The number of anilines is 1. The van der Waals surface area contributed by atoms with Gasteiger partial charge in [-0.15, -0.1) is 0 Å². The van der Waals surface area contributed by atoms with E-state index in [-0.39, 0.29) is 24.3 Å². The highest BCUT2D eigenvalue weighted by molar-refractivity contribution is 6.30. The van der Waals surface area contributed by atoms with Crippen LogP contribution >= 0.6 is 11.6 Å². The predicted octanol–water partition coefficient (Wildman–Crippen LogP) is 3.20. The molecule has 1 aromatic carbocycles. The van der Waals surface area contributed by atoms with Crippen molar-refractivity contribution in [1.82, 2.24) is 9.88 Å². The van der Waals surface area contributed by atoms with Gasteiger partial charge in [0.25, 0.3) is 0 Å². The number of nitrogens with zero attached hydrogens (tertiary/aromatic N) is 2. The lowest BCUT2D eigenvalue weighted by Crippen LogP contribution is -2.30. The molecule has 6 heteroatoms. The van der Waals surface area contributed by atoms with Gasteiger partial charge >= 0.3 is 0 Å². The van der Waals surface area contributed by atoms with Gasteiger partial charge in [-0.25, -0.2) is 0 Å². The average molecular weight is 344 g/mol. The number of hydrogen-bond donors (Lipinski definition) is 1. The van der Waals surface area contributed by atoms with Crippen molar-refractivity contribution in [3.63, 3.8) is 0 Å². The van der Waals surface area contributed by atoms with Crippen molar-refractivity contribution in [2.75, 3.05) is 12.4 Å². The largest absolute Gasteiger partial charge is 0.338 e. The topological polar surface area (TPSA) is 62.3 Å². The molecule has 2 aromatic rings. The van der Waals surface area contributed by atoms with Crippen LogP contribution in [0.2, 0.25) is 5.02 Å². The molecule has 2 atom stereocenters. The molecule has 1 aliphatic heterocycles. The summed E-state index contributed by atoms with van der Waals surface area (Å²) in [4.78, 5) is 30.6. The van der Waals surface area contributed by atoms with Gasteiger partial charge < -0.3 is 10.2 Å². The Hall–Kier alpha value is -2.40. The normalized spacial score (nSPS) is 20.3. The molecule has 3 rings (SSSR count). The third-order valence-electron chi connectivity index (χ3n) is 4.41. The molecule has 0 spiro atoms. The maximum absolute atomic E-state index is 12.8. The zero-order valence-electron chi connectivity index (χ0n) is 13.5. The van der Waals surface area contributed by atoms with Crippen molar-refractivity contribution < 1.29 is 9.59 Å². The van der Waals surface area contributed by atoms with Crippen molar-refractivity contribution in [3.05, 3.63) is 58.9 Å². The van der Waals surface area contributed by atoms with Crippen molar-refractivity contribution in [3.8, 4) is 0 Å². The van der Waals surface area contributed by atoms with Gasteiger partial charge in [0.2, 0.25) is 11.8 Å². The van der Waals surface area contributed by atoms with Gasteiger partial charge in [-0.3, -0.25) is 14.6 Å². The number of amides is 2. The molecule has 1 N–H and O–H groups in total. The first-order valence-corrected chi connectivity index (χ1v) is 8.08. The lowest BCUT2D eigenvalue weighted by Gasteiger charge is -2.25. The molecule has 0 unspecified atom stereocenters. The Balaban J connectivity index is 1.89. The summed E-state index contributed by atoms with van der Waals surface area (Å²) in [5.41, 5.74) is 2.45. The summed E-state index contributed by atoms with van der Waals surface area (Å²) in [5.74, 6) is -0.711. The Bertz CT molecular complexity index is 793. The van der Waals surface area contributed by atoms with E-state index in [1.807, 2.05) is 25.1 Å². The van der Waals surface area contributed by atoms with E-state index >= 15 is 0 Å². The lowest BCUT2D eigenvalue weighted by atomic mass is 9.93. The summed E-state index contributed by atoms with van der Waals surface area (Å²) < 4.78 is 0. The zero-order valence-corrected chi connectivity index (χ0v) is 14.2. The van der Waals surface area contributed by atoms with Crippen LogP contribution in [-0.2, 0) is 9.59 Å². The Morgan fingerprint density at radius 2 is 2.17 bits per heavy atom. The van der Waals surface area contributed by atoms with E-state index in [4.69, 9.17) is 11.6 Å². The molecule has 5 nitrogen and oxygen atoms in total. The second-order valence-corrected chi connectivity index (χ2v) is 6.43. The van der Waals surface area contributed by atoms with E-state index in [2.05, 4.69) is 10.3 Å². The summed E-state index contributed by atoms with van der Waals surface area (Å²) in [6.45, 7) is 1.90. The van der Waals surface area contributed by atoms with E-state index in [0.717, 1.165) is 11.1 Å². The standard InChI is InChI=1S/C18H18ClN3O2/c1-11-6-7-20-10-15(11)21-18(24)14-9-16(23)22(2)17(14)12-4-3-5-13(19)8-12/h3-8,10,14,17H,9H2,1-2H3,(H,21,24)/t14-,17+/m0/s1. The van der Waals surface area contributed by atoms with Gasteiger partial charge in [0.05, 0.1) is 23.8 Å². The zero-order chi connectivity index (χ0) is 17.3. The summed E-state index contributed by atoms with van der Waals surface area (Å²) in [5, 5.41) is 3.48. The molecule has 0 bridgehead atoms. The van der Waals surface area contributed by atoms with Crippen LogP contribution in [0.25, 0.3) is 0 Å². The van der Waals surface area contributed by atoms with Gasteiger partial charge in [0.15, 0.2) is 0 Å². The molecule has 2 amide bonds. The maximum atomic E-state index is 12.8. The van der Waals surface area contributed by atoms with Gasteiger partial charge in [-0.05, 0) is 36.2 Å². The molecule has 1 saturated heterocycles. The third kappa shape index (κ3) is 3.12. The molecule has 0 aliphatic carbocycles. The second kappa shape index (κ2) is 6.61. The van der Waals surface area contributed by atoms with Crippen molar-refractivity contribution in [2.24, 2.45) is 5.92 Å². The van der Waals surface area contributed by atoms with Crippen LogP contribution < -0.4 is 5.32 Å². The van der Waals surface area contributed by atoms with Crippen LogP contribution in [0.1, 0.15) is 23.6 Å². The SMILES string of the molecule is Cc1ccncc1NC(=O)[C@H]1CC(=O)N(C)[C@@H]1c1cccc(Cl)c1. The third-order valence-corrected chi connectivity index (χ3v) is 4.65. The monoisotopic (exact) mass is 343 g/mol. The number of halogens is 1. The molecule has 24 heavy (non-hydrogen) atoms. The van der Waals surface area contributed by atoms with E-state index in [0.29, 0.717) is 10.7 Å². The van der Waals surface area contributed by atoms with Gasteiger partial charge in [0.1, 0.15) is 0 Å². The minimum Gasteiger partial charge on any atom is -0.338 e. The van der Waals surface area contributed by atoms with Crippen LogP contribution in [0.5, 0.6) is 0 Å². The number of hydrogen-bond acceptors (Lipinski definition) is 3. The van der Waals surface area contributed by atoms with Crippen LogP contribution in [-0.4, -0.2) is 28.7 Å². The Kier molecular flexibility index (Phi) is 4.53. The number of rotatable bonds is 3. The highest BCUT2D eigenvalue weighted by Crippen LogP contribution is 2.38. The highest BCUT2D eigenvalue weighted by atomic mass is 35.5. The second-order valence-electron chi connectivity index (χ2n) is 5.99. The van der Waals surface area contributed by atoms with E-state index in [9.17, 15) is 9.59 Å². The molecule has 2 heterocycles. The Morgan fingerprint density at radius 1 is 1.38 bits per heavy atom. The molecule has 1 fully saturated rings. The summed E-state index contributed by atoms with van der Waals surface area (Å²) in [6, 6.07) is 8.80. The van der Waals surface area contributed by atoms with Gasteiger partial charge in [0, 0.05) is 24.7 Å². The molecule has 1 aliphatic rings. The summed E-state index contributed by atoms with van der Waals surface area (Å²) in [6.07, 6.45) is 3.47. The van der Waals surface area contributed by atoms with E-state index in [1.165, 1.54) is 0 Å². The lowest BCUT2D eigenvalue weighted by molar-refractivity contribution is -0.127. The minimum atomic E-state index is -0.472. The summed E-state index contributed by atoms with van der Waals surface area (Å²) in [7, 11) is 1.72. The fourth-order valence-electron chi connectivity index (χ4n) is 3.07. The number of carbonyl (C=O) groups excluding carboxylic acids is 2. The number of likely N-dealkylation sites (tertiary alicyclic amines) is 1. The molecule has 124 valence electrons. The smallest absolute Gasteiger partial charge is 0.230 e. The molecule has 0 saturated carbocycles. The Labute approximate surface area is 145 Å². The van der Waals surface area contributed by atoms with Crippen LogP contribution in [0.3, 0.4) is 0 Å². The van der Waals surface area contributed by atoms with Crippen molar-refractivity contribution in [1.29, 1.82) is 0 Å². The molecule has 1 aromatic heterocycles. The number of nitrogens with one attached hydrogen (secondary N) is 1. The molecular weight excluding hydrogens is 326 g/mol. The number of aromatic nitrogens is 1. The quantitative estimate of drug-likeness (QED) is 0.930. The number of benzene rings is 1. The average Bonchev–Trinajstić information content (AvgIpc) is 2.85. The minimum absolute atomic E-state index is 0.0527. The van der Waals surface area contributed by atoms with Crippen LogP contribution in [0.4, 0.5) is 5.69 Å². The van der Waals surface area contributed by atoms with Crippen molar-refractivity contribution >= 4 is 29.1 Å². The van der Waals surface area contributed by atoms with Crippen LogP contribution in [0, 0.1) is 12.8 Å².